The van der Waals surface area contributed by atoms with Gasteiger partial charge >= 0.3 is 23.6 Å². The van der Waals surface area contributed by atoms with Gasteiger partial charge in [-0.3, -0.25) is 0 Å². The van der Waals surface area contributed by atoms with Crippen LogP contribution in [0.5, 0.6) is 5.75 Å². The Balaban J connectivity index is 1.26. The molecule has 0 unspecified atom stereocenters. The summed E-state index contributed by atoms with van der Waals surface area (Å²) in [7, 11) is -5.44. The first-order valence-electron chi connectivity index (χ1n) is 12.7. The van der Waals surface area contributed by atoms with Crippen LogP contribution in [-0.4, -0.2) is 59.2 Å². The van der Waals surface area contributed by atoms with E-state index in [0.29, 0.717) is 0 Å². The summed E-state index contributed by atoms with van der Waals surface area (Å²) in [5, 5.41) is 0. The molecule has 1 fully saturated rings. The Morgan fingerprint density at radius 3 is 2.08 bits per heavy atom. The monoisotopic (exact) mass is 577 g/mol. The van der Waals surface area contributed by atoms with Crippen LogP contribution in [0, 0.1) is 6.92 Å². The van der Waals surface area contributed by atoms with E-state index in [4.69, 9.17) is 4.74 Å². The fourth-order valence-corrected chi connectivity index (χ4v) is 5.79. The van der Waals surface area contributed by atoms with E-state index < -0.39 is 35.6 Å². The molecule has 3 aromatic carbocycles. The number of halogens is 4. The van der Waals surface area contributed by atoms with Gasteiger partial charge in [-0.25, -0.2) is 4.79 Å². The highest BCUT2D eigenvalue weighted by atomic mass is 32.3. The third kappa shape index (κ3) is 6.03. The second kappa shape index (κ2) is 10.7. The number of anilines is 1. The molecule has 0 saturated carbocycles. The summed E-state index contributed by atoms with van der Waals surface area (Å²) in [5.74, 6) is -0.599. The van der Waals surface area contributed by atoms with Crippen molar-refractivity contribution in [3.8, 4) is 16.9 Å². The van der Waals surface area contributed by atoms with Crippen molar-refractivity contribution >= 4 is 29.3 Å². The quantitative estimate of drug-likeness (QED) is 0.207. The number of piperazine rings is 1. The van der Waals surface area contributed by atoms with Crippen molar-refractivity contribution in [1.82, 2.24) is 4.90 Å². The van der Waals surface area contributed by atoms with Gasteiger partial charge in [-0.2, -0.15) is 8.42 Å². The van der Waals surface area contributed by atoms with E-state index in [1.165, 1.54) is 24.0 Å². The van der Waals surface area contributed by atoms with Gasteiger partial charge in [-0.15, -0.1) is 0 Å². The molecule has 5 rings (SSSR count). The normalized spacial score (nSPS) is 15.5. The number of hydrogen-bond acceptors (Lipinski definition) is 6. The summed E-state index contributed by atoms with van der Waals surface area (Å²) in [5.41, 5.74) is 4.33. The third-order valence-corrected chi connectivity index (χ3v) is 7.71. The van der Waals surface area contributed by atoms with Gasteiger partial charge in [0.2, 0.25) is 0 Å². The van der Waals surface area contributed by atoms with Crippen LogP contribution >= 0.6 is 0 Å². The Kier molecular flexibility index (Phi) is 7.43. The first-order chi connectivity index (χ1) is 18.9. The van der Waals surface area contributed by atoms with E-state index in [0.717, 1.165) is 22.3 Å². The lowest BCUT2D eigenvalue weighted by Crippen LogP contribution is -2.49. The number of amides is 1. The molecule has 40 heavy (non-hydrogen) atoms. The fraction of sp³-hybridized carbons (Fsp3) is 0.296. The smallest absolute Gasteiger partial charge is 0.449 e. The Bertz CT molecular complexity index is 1500. The molecule has 0 aromatic heterocycles. The maximum atomic E-state index is 13.2. The minimum absolute atomic E-state index is 0.0935. The van der Waals surface area contributed by atoms with Gasteiger partial charge < -0.3 is 31.7 Å². The lowest BCUT2D eigenvalue weighted by atomic mass is 9.80. The predicted octanol–water partition coefficient (Wildman–Crippen LogP) is 5.59. The van der Waals surface area contributed by atoms with E-state index >= 15 is 0 Å². The average Bonchev–Trinajstić information content (AvgIpc) is 3.22. The van der Waals surface area contributed by atoms with Crippen LogP contribution in [0.25, 0.3) is 11.1 Å². The lowest BCUT2D eigenvalue weighted by Gasteiger charge is -2.36. The zero-order valence-electron chi connectivity index (χ0n) is 21.5. The number of carbonyl (C=O) groups excluding carboxylic acids is 1. The Morgan fingerprint density at radius 1 is 0.950 bits per heavy atom. The number of carbonyl (C=O) groups is 1. The van der Waals surface area contributed by atoms with E-state index in [1.54, 1.807) is 4.90 Å². The van der Waals surface area contributed by atoms with Crippen molar-refractivity contribution in [1.29, 1.82) is 0 Å². The van der Waals surface area contributed by atoms with Crippen molar-refractivity contribution in [2.24, 2.45) is 0 Å². The molecular weight excluding hydrogens is 551 g/mol. The number of nitrogens with zero attached hydrogens (tertiary/aromatic N) is 2. The molecule has 0 spiro atoms. The Morgan fingerprint density at radius 2 is 1.52 bits per heavy atom. The van der Waals surface area contributed by atoms with E-state index in [9.17, 15) is 30.0 Å². The predicted molar refractivity (Wildman–Crippen MR) is 143 cm³/mol. The van der Waals surface area contributed by atoms with Crippen molar-refractivity contribution < 1.29 is 39.0 Å². The van der Waals surface area contributed by atoms with E-state index in [2.05, 4.69) is 4.18 Å². The lowest BCUT2D eigenvalue weighted by molar-refractivity contribution is 0.0976. The third-order valence-electron chi connectivity index (χ3n) is 7.33. The minimum Gasteiger partial charge on any atom is -0.449 e. The van der Waals surface area contributed by atoms with Gasteiger partial charge in [0.15, 0.2) is 0 Å². The van der Waals surface area contributed by atoms with Crippen molar-refractivity contribution in [2.75, 3.05) is 37.7 Å². The standard InChI is InChI=1S/C27H26BF4N2O5S/c1-18-19(16-28(29,30)31)14-20(15-26(18)39-40(32,36)37)33-10-12-34(13-11-33)27(35)38-17-25-23-8-4-2-6-21(23)22-7-3-5-9-24(22)25/h2-9,14-15,25H,10-13,16-17H2,1H3/q-1. The molecule has 2 aliphatic rings. The Labute approximate surface area is 229 Å². The summed E-state index contributed by atoms with van der Waals surface area (Å²) in [6.07, 6.45) is -1.78. The van der Waals surface area contributed by atoms with Crippen molar-refractivity contribution in [2.45, 2.75) is 19.2 Å². The molecule has 0 N–H and O–H groups in total. The zero-order valence-corrected chi connectivity index (χ0v) is 22.3. The van der Waals surface area contributed by atoms with Crippen LogP contribution in [0.4, 0.5) is 27.3 Å². The fourth-order valence-electron chi connectivity index (χ4n) is 5.40. The topological polar surface area (TPSA) is 76.2 Å². The summed E-state index contributed by atoms with van der Waals surface area (Å²) in [6.45, 7) is -2.91. The molecule has 0 radical (unpaired) electrons. The van der Waals surface area contributed by atoms with Crippen LogP contribution in [-0.2, 0) is 21.6 Å². The summed E-state index contributed by atoms with van der Waals surface area (Å²) < 4.78 is 85.1. The molecule has 0 atom stereocenters. The average molecular weight is 577 g/mol. The SMILES string of the molecule is Cc1c(C[B-](F)(F)F)cc(N2CCN(C(=O)OCC3c4ccccc4-c4ccccc43)CC2)cc1OS(=O)(=O)F. The first kappa shape index (κ1) is 27.8. The molecule has 0 bridgehead atoms. The van der Waals surface area contributed by atoms with E-state index in [1.807, 2.05) is 48.5 Å². The zero-order chi connectivity index (χ0) is 28.7. The Hall–Kier alpha value is -3.74. The molecule has 3 aromatic rings. The van der Waals surface area contributed by atoms with Crippen LogP contribution in [0.2, 0.25) is 0 Å². The molecule has 1 saturated heterocycles. The van der Waals surface area contributed by atoms with Crippen molar-refractivity contribution in [3.05, 3.63) is 82.9 Å². The summed E-state index contributed by atoms with van der Waals surface area (Å²) in [4.78, 5) is 16.1. The van der Waals surface area contributed by atoms with Crippen LogP contribution < -0.4 is 9.08 Å². The number of fused-ring (bicyclic) bond motifs is 3. The van der Waals surface area contributed by atoms with Gasteiger partial charge in [0.05, 0.1) is 0 Å². The molecule has 1 aliphatic heterocycles. The van der Waals surface area contributed by atoms with Crippen molar-refractivity contribution in [3.63, 3.8) is 0 Å². The number of rotatable bonds is 7. The van der Waals surface area contributed by atoms with Gasteiger partial charge in [0.1, 0.15) is 12.4 Å². The van der Waals surface area contributed by atoms with Gasteiger partial charge in [0, 0.05) is 43.9 Å². The number of benzene rings is 3. The highest BCUT2D eigenvalue weighted by Gasteiger charge is 2.31. The van der Waals surface area contributed by atoms with Gasteiger partial charge in [-0.05, 0) is 40.8 Å². The highest BCUT2D eigenvalue weighted by molar-refractivity contribution is 7.81. The maximum Gasteiger partial charge on any atom is 0.488 e. The van der Waals surface area contributed by atoms with Crippen LogP contribution in [0.15, 0.2) is 60.7 Å². The molecule has 1 aliphatic carbocycles. The van der Waals surface area contributed by atoms with E-state index in [-0.39, 0.29) is 55.5 Å². The highest BCUT2D eigenvalue weighted by Crippen LogP contribution is 2.44. The molecule has 212 valence electrons. The largest absolute Gasteiger partial charge is 0.488 e. The van der Waals surface area contributed by atoms with Gasteiger partial charge in [0.25, 0.3) is 0 Å². The second-order valence-corrected chi connectivity index (χ2v) is 10.8. The second-order valence-electron chi connectivity index (χ2n) is 9.90. The van der Waals surface area contributed by atoms with Crippen LogP contribution in [0.1, 0.15) is 28.2 Å². The molecule has 13 heteroatoms. The maximum absolute atomic E-state index is 13.2. The minimum atomic E-state index is -5.44. The molecule has 1 amide bonds. The molecule has 7 nitrogen and oxygen atoms in total. The van der Waals surface area contributed by atoms with Gasteiger partial charge in [-0.1, -0.05) is 64.3 Å². The number of hydrogen-bond donors (Lipinski definition) is 0. The summed E-state index contributed by atoms with van der Waals surface area (Å²) in [6, 6.07) is 18.5. The first-order valence-corrected chi connectivity index (χ1v) is 14.0. The number of ether oxygens (including phenoxy) is 1. The molecule has 1 heterocycles. The summed E-state index contributed by atoms with van der Waals surface area (Å²) >= 11 is 0. The molecular formula is C27H26BF4N2O5S-. The van der Waals surface area contributed by atoms with Crippen LogP contribution in [0.3, 0.4) is 0 Å².